The summed E-state index contributed by atoms with van der Waals surface area (Å²) >= 11 is 4.62. The fraction of sp³-hybridized carbons (Fsp3) is 0.133. The lowest BCUT2D eigenvalue weighted by Crippen LogP contribution is -2.14. The van der Waals surface area contributed by atoms with E-state index in [0.29, 0.717) is 15.7 Å². The zero-order valence-corrected chi connectivity index (χ0v) is 13.4. The molecule has 2 aromatic carbocycles. The second-order valence-corrected chi connectivity index (χ2v) is 5.94. The van der Waals surface area contributed by atoms with Gasteiger partial charge in [-0.2, -0.15) is 0 Å². The number of aryl methyl sites for hydroxylation is 1. The van der Waals surface area contributed by atoms with Gasteiger partial charge in [-0.15, -0.1) is 11.8 Å². The smallest absolute Gasteiger partial charge is 0.256 e. The van der Waals surface area contributed by atoms with Crippen molar-refractivity contribution in [3.63, 3.8) is 0 Å². The minimum atomic E-state index is -0.399. The van der Waals surface area contributed by atoms with E-state index in [1.165, 1.54) is 17.8 Å². The quantitative estimate of drug-likeness (QED) is 0.797. The number of hydrogen-bond donors (Lipinski definition) is 1. The van der Waals surface area contributed by atoms with Crippen LogP contribution in [0, 0.1) is 12.7 Å². The number of carbonyl (C=O) groups excluding carboxylic acids is 1. The third-order valence-corrected chi connectivity index (χ3v) is 4.27. The van der Waals surface area contributed by atoms with E-state index in [0.717, 1.165) is 10.5 Å². The molecule has 0 bridgehead atoms. The second kappa shape index (κ2) is 6.41. The summed E-state index contributed by atoms with van der Waals surface area (Å²) in [5.41, 5.74) is 1.86. The molecule has 0 aliphatic carbocycles. The van der Waals surface area contributed by atoms with Gasteiger partial charge in [0.2, 0.25) is 0 Å². The second-order valence-electron chi connectivity index (χ2n) is 4.24. The third kappa shape index (κ3) is 3.22. The van der Waals surface area contributed by atoms with Crippen molar-refractivity contribution in [2.45, 2.75) is 11.8 Å². The average molecular weight is 354 g/mol. The van der Waals surface area contributed by atoms with Crippen molar-refractivity contribution in [3.8, 4) is 0 Å². The topological polar surface area (TPSA) is 29.1 Å². The summed E-state index contributed by atoms with van der Waals surface area (Å²) in [7, 11) is 0. The number of carbonyl (C=O) groups is 1. The van der Waals surface area contributed by atoms with Crippen LogP contribution in [0.25, 0.3) is 0 Å². The van der Waals surface area contributed by atoms with Gasteiger partial charge in [-0.25, -0.2) is 4.39 Å². The first-order valence-corrected chi connectivity index (χ1v) is 7.94. The van der Waals surface area contributed by atoms with Gasteiger partial charge in [0.25, 0.3) is 5.91 Å². The zero-order chi connectivity index (χ0) is 14.7. The molecule has 0 aliphatic rings. The van der Waals surface area contributed by atoms with Crippen molar-refractivity contribution in [2.75, 3.05) is 11.6 Å². The molecule has 20 heavy (non-hydrogen) atoms. The fourth-order valence-electron chi connectivity index (χ4n) is 1.80. The first-order chi connectivity index (χ1) is 9.52. The van der Waals surface area contributed by atoms with Gasteiger partial charge in [0, 0.05) is 10.6 Å². The Hall–Kier alpha value is -1.33. The van der Waals surface area contributed by atoms with E-state index in [-0.39, 0.29) is 5.91 Å². The van der Waals surface area contributed by atoms with Gasteiger partial charge in [0.05, 0.1) is 10.0 Å². The number of amides is 1. The van der Waals surface area contributed by atoms with Crippen LogP contribution in [0.15, 0.2) is 45.8 Å². The highest BCUT2D eigenvalue weighted by atomic mass is 79.9. The number of nitrogens with one attached hydrogen (secondary N) is 1. The lowest BCUT2D eigenvalue weighted by molar-refractivity contribution is 0.102. The van der Waals surface area contributed by atoms with Crippen molar-refractivity contribution < 1.29 is 9.18 Å². The van der Waals surface area contributed by atoms with Gasteiger partial charge < -0.3 is 5.32 Å². The number of thioether (sulfide) groups is 1. The van der Waals surface area contributed by atoms with Gasteiger partial charge in [0.1, 0.15) is 5.82 Å². The number of hydrogen-bond acceptors (Lipinski definition) is 2. The molecule has 0 aliphatic heterocycles. The maximum absolute atomic E-state index is 13.6. The highest BCUT2D eigenvalue weighted by Crippen LogP contribution is 2.26. The molecular weight excluding hydrogens is 341 g/mol. The maximum Gasteiger partial charge on any atom is 0.256 e. The minimum absolute atomic E-state index is 0.236. The molecule has 0 fully saturated rings. The normalized spacial score (nSPS) is 10.4. The maximum atomic E-state index is 13.6. The Kier molecular flexibility index (Phi) is 4.83. The first-order valence-electron chi connectivity index (χ1n) is 5.93. The summed E-state index contributed by atoms with van der Waals surface area (Å²) in [6.07, 6.45) is 1.91. The van der Waals surface area contributed by atoms with E-state index in [2.05, 4.69) is 21.2 Å². The molecule has 5 heteroatoms. The SMILES string of the molecule is CSc1ccccc1C(=O)Nc1cc(F)c(Br)cc1C. The van der Waals surface area contributed by atoms with Crippen LogP contribution in [-0.2, 0) is 0 Å². The molecule has 1 N–H and O–H groups in total. The van der Waals surface area contributed by atoms with Crippen molar-refractivity contribution in [1.82, 2.24) is 0 Å². The highest BCUT2D eigenvalue weighted by Gasteiger charge is 2.13. The van der Waals surface area contributed by atoms with Crippen molar-refractivity contribution in [1.29, 1.82) is 0 Å². The van der Waals surface area contributed by atoms with Crippen LogP contribution in [0.1, 0.15) is 15.9 Å². The van der Waals surface area contributed by atoms with Crippen LogP contribution < -0.4 is 5.32 Å². The zero-order valence-electron chi connectivity index (χ0n) is 11.0. The van der Waals surface area contributed by atoms with E-state index in [4.69, 9.17) is 0 Å². The van der Waals surface area contributed by atoms with Crippen molar-refractivity contribution in [2.24, 2.45) is 0 Å². The van der Waals surface area contributed by atoms with Crippen LogP contribution in [0.5, 0.6) is 0 Å². The summed E-state index contributed by atoms with van der Waals surface area (Å²) in [5.74, 6) is -0.635. The van der Waals surface area contributed by atoms with E-state index < -0.39 is 5.82 Å². The predicted octanol–water partition coefficient (Wildman–Crippen LogP) is 4.87. The van der Waals surface area contributed by atoms with Gasteiger partial charge >= 0.3 is 0 Å². The Morgan fingerprint density at radius 2 is 2.00 bits per heavy atom. The number of benzene rings is 2. The average Bonchev–Trinajstić information content (AvgIpc) is 2.44. The van der Waals surface area contributed by atoms with Crippen molar-refractivity contribution in [3.05, 3.63) is 57.8 Å². The molecule has 0 unspecified atom stereocenters. The van der Waals surface area contributed by atoms with Gasteiger partial charge in [-0.1, -0.05) is 12.1 Å². The molecule has 2 rings (SSSR count). The Morgan fingerprint density at radius 1 is 1.30 bits per heavy atom. The number of anilines is 1. The number of halogens is 2. The Morgan fingerprint density at radius 3 is 2.70 bits per heavy atom. The lowest BCUT2D eigenvalue weighted by atomic mass is 10.1. The predicted molar refractivity (Wildman–Crippen MR) is 85.0 cm³/mol. The van der Waals surface area contributed by atoms with Crippen molar-refractivity contribution >= 4 is 39.3 Å². The van der Waals surface area contributed by atoms with Crippen LogP contribution >= 0.6 is 27.7 Å². The van der Waals surface area contributed by atoms with Gasteiger partial charge in [0.15, 0.2) is 0 Å². The Balaban J connectivity index is 2.30. The molecule has 0 heterocycles. The Bertz CT molecular complexity index is 660. The monoisotopic (exact) mass is 353 g/mol. The van der Waals surface area contributed by atoms with Crippen LogP contribution in [0.4, 0.5) is 10.1 Å². The molecule has 0 saturated carbocycles. The fourth-order valence-corrected chi connectivity index (χ4v) is 2.86. The third-order valence-electron chi connectivity index (χ3n) is 2.87. The van der Waals surface area contributed by atoms with E-state index in [1.54, 1.807) is 12.1 Å². The van der Waals surface area contributed by atoms with Gasteiger partial charge in [-0.3, -0.25) is 4.79 Å². The minimum Gasteiger partial charge on any atom is -0.322 e. The molecule has 2 nitrogen and oxygen atoms in total. The summed E-state index contributed by atoms with van der Waals surface area (Å²) in [6.45, 7) is 1.82. The van der Waals surface area contributed by atoms with Gasteiger partial charge in [-0.05, 0) is 58.9 Å². The standard InChI is InChI=1S/C15H13BrFNOS/c1-9-7-11(16)12(17)8-13(9)18-15(19)10-5-3-4-6-14(10)20-2/h3-8H,1-2H3,(H,18,19). The van der Waals surface area contributed by atoms with E-state index in [9.17, 15) is 9.18 Å². The molecule has 0 aromatic heterocycles. The molecule has 0 saturated heterocycles. The molecule has 0 spiro atoms. The lowest BCUT2D eigenvalue weighted by Gasteiger charge is -2.11. The molecular formula is C15H13BrFNOS. The molecule has 1 amide bonds. The summed E-state index contributed by atoms with van der Waals surface area (Å²) in [4.78, 5) is 13.2. The van der Waals surface area contributed by atoms with E-state index in [1.807, 2.05) is 31.4 Å². The van der Waals surface area contributed by atoms with Crippen LogP contribution in [0.2, 0.25) is 0 Å². The van der Waals surface area contributed by atoms with E-state index >= 15 is 0 Å². The molecule has 0 atom stereocenters. The highest BCUT2D eigenvalue weighted by molar-refractivity contribution is 9.10. The first kappa shape index (κ1) is 15.1. The molecule has 104 valence electrons. The van der Waals surface area contributed by atoms with Crippen LogP contribution in [-0.4, -0.2) is 12.2 Å². The summed E-state index contributed by atoms with van der Waals surface area (Å²) in [5, 5.41) is 2.76. The van der Waals surface area contributed by atoms with Crippen LogP contribution in [0.3, 0.4) is 0 Å². The molecule has 0 radical (unpaired) electrons. The summed E-state index contributed by atoms with van der Waals surface area (Å²) in [6, 6.07) is 10.3. The summed E-state index contributed by atoms with van der Waals surface area (Å²) < 4.78 is 13.9. The molecule has 2 aromatic rings. The largest absolute Gasteiger partial charge is 0.322 e. The Labute approximate surface area is 129 Å². The number of rotatable bonds is 3.